The van der Waals surface area contributed by atoms with Crippen LogP contribution in [0.4, 0.5) is 23.9 Å². The third kappa shape index (κ3) is 7.04. The lowest BCUT2D eigenvalue weighted by Crippen LogP contribution is -2.31. The van der Waals surface area contributed by atoms with Gasteiger partial charge in [0.25, 0.3) is 5.91 Å². The first-order chi connectivity index (χ1) is 19.5. The minimum atomic E-state index is -5.08. The van der Waals surface area contributed by atoms with Crippen molar-refractivity contribution in [3.05, 3.63) is 40.4 Å². The summed E-state index contributed by atoms with van der Waals surface area (Å²) < 4.78 is 31.7. The van der Waals surface area contributed by atoms with E-state index in [4.69, 9.17) is 9.90 Å². The van der Waals surface area contributed by atoms with Crippen LogP contribution >= 0.6 is 11.3 Å². The number of alkyl halides is 3. The Balaban J connectivity index is 0.000000454. The van der Waals surface area contributed by atoms with E-state index in [1.165, 1.54) is 11.3 Å². The van der Waals surface area contributed by atoms with Crippen LogP contribution in [0.3, 0.4) is 0 Å². The van der Waals surface area contributed by atoms with Crippen molar-refractivity contribution >= 4 is 56.6 Å². The van der Waals surface area contributed by atoms with Gasteiger partial charge >= 0.3 is 12.1 Å². The number of carboxylic acid groups (broad SMARTS) is 1. The third-order valence-electron chi connectivity index (χ3n) is 7.24. The second kappa shape index (κ2) is 11.5. The summed E-state index contributed by atoms with van der Waals surface area (Å²) in [4.78, 5) is 48.8. The molecule has 3 aliphatic carbocycles. The van der Waals surface area contributed by atoms with Crippen LogP contribution in [-0.2, 0) is 27.2 Å². The maximum atomic E-state index is 13.2. The topological polar surface area (TPSA) is 153 Å². The highest BCUT2D eigenvalue weighted by Crippen LogP contribution is 2.41. The quantitative estimate of drug-likeness (QED) is 0.267. The van der Waals surface area contributed by atoms with E-state index >= 15 is 0 Å². The molecule has 1 unspecified atom stereocenters. The minimum Gasteiger partial charge on any atom is -0.475 e. The normalized spacial score (nSPS) is 18.1. The van der Waals surface area contributed by atoms with E-state index in [2.05, 4.69) is 26.1 Å². The molecule has 5 N–H and O–H groups in total. The molecule has 6 rings (SSSR count). The van der Waals surface area contributed by atoms with Crippen molar-refractivity contribution in [1.82, 2.24) is 15.5 Å². The van der Waals surface area contributed by atoms with Gasteiger partial charge in [-0.15, -0.1) is 11.3 Å². The molecule has 0 spiro atoms. The highest BCUT2D eigenvalue weighted by Gasteiger charge is 2.38. The zero-order valence-electron chi connectivity index (χ0n) is 21.8. The summed E-state index contributed by atoms with van der Waals surface area (Å²) in [6.45, 7) is 0.667. The lowest BCUT2D eigenvalue weighted by Gasteiger charge is -2.22. The van der Waals surface area contributed by atoms with Crippen LogP contribution in [0, 0.1) is 17.8 Å². The number of amides is 3. The SMILES string of the molecule is O=C(NCC1CC1)c1c(NC(=O)C2CC2)sc2c1CC(C(=O)Nc1ccc3[nH]ncc3c1)CC2.O=C(O)C(F)(F)F.[HH]. The summed E-state index contributed by atoms with van der Waals surface area (Å²) in [5.74, 6) is -2.55. The molecular weight excluding hydrogens is 563 g/mol. The van der Waals surface area contributed by atoms with Gasteiger partial charge in [-0.3, -0.25) is 19.5 Å². The second-order valence-electron chi connectivity index (χ2n) is 10.5. The Morgan fingerprint density at radius 3 is 2.41 bits per heavy atom. The van der Waals surface area contributed by atoms with E-state index in [0.717, 1.165) is 59.1 Å². The van der Waals surface area contributed by atoms with E-state index in [-0.39, 0.29) is 31.0 Å². The standard InChI is InChI=1S/C25H27N5O3S.C2HF3O2.H2/c31-22(14-3-4-14)29-25-21(24(33)26-11-13-1-2-13)18-10-15(5-8-20(18)34-25)23(32)28-17-6-7-19-16(9-17)12-27-30-19;3-2(4,5)1(6)7;/h6-7,9,12-15H,1-5,8,10-11H2,(H,26,33)(H,27,30)(H,28,32)(H,29,31);(H,6,7);1H. The van der Waals surface area contributed by atoms with Gasteiger partial charge in [0, 0.05) is 35.8 Å². The summed E-state index contributed by atoms with van der Waals surface area (Å²) in [6.07, 6.45) is 2.71. The van der Waals surface area contributed by atoms with E-state index in [0.29, 0.717) is 35.9 Å². The number of benzene rings is 1. The number of hydrogen-bond donors (Lipinski definition) is 5. The van der Waals surface area contributed by atoms with Gasteiger partial charge in [-0.05, 0) is 74.6 Å². The number of carboxylic acids is 1. The lowest BCUT2D eigenvalue weighted by atomic mass is 9.85. The number of nitrogens with zero attached hydrogens (tertiary/aromatic N) is 1. The Kier molecular flexibility index (Phi) is 8.02. The van der Waals surface area contributed by atoms with E-state index in [1.54, 1.807) is 6.20 Å². The maximum Gasteiger partial charge on any atom is 0.490 e. The highest BCUT2D eigenvalue weighted by molar-refractivity contribution is 7.17. The number of aryl methyl sites for hydroxylation is 1. The van der Waals surface area contributed by atoms with Gasteiger partial charge in [0.15, 0.2) is 0 Å². The van der Waals surface area contributed by atoms with Crippen LogP contribution in [0.1, 0.15) is 54.3 Å². The van der Waals surface area contributed by atoms with Gasteiger partial charge in [-0.1, -0.05) is 0 Å². The number of aliphatic carboxylic acids is 1. The monoisotopic (exact) mass is 593 g/mol. The summed E-state index contributed by atoms with van der Waals surface area (Å²) in [5.41, 5.74) is 3.13. The maximum absolute atomic E-state index is 13.2. The van der Waals surface area contributed by atoms with Gasteiger partial charge in [0.2, 0.25) is 11.8 Å². The molecule has 0 bridgehead atoms. The number of anilines is 2. The molecule has 3 amide bonds. The fraction of sp³-hybridized carbons (Fsp3) is 0.444. The van der Waals surface area contributed by atoms with Crippen molar-refractivity contribution in [2.24, 2.45) is 17.8 Å². The highest BCUT2D eigenvalue weighted by atomic mass is 32.1. The molecule has 2 heterocycles. The molecule has 14 heteroatoms. The summed E-state index contributed by atoms with van der Waals surface area (Å²) >= 11 is 1.50. The number of rotatable bonds is 7. The fourth-order valence-corrected chi connectivity index (χ4v) is 5.85. The number of nitrogens with one attached hydrogen (secondary N) is 4. The number of carbonyl (C=O) groups excluding carboxylic acids is 3. The smallest absolute Gasteiger partial charge is 0.475 e. The Morgan fingerprint density at radius 2 is 1.76 bits per heavy atom. The number of fused-ring (bicyclic) bond motifs is 2. The van der Waals surface area contributed by atoms with Crippen LogP contribution in [0.15, 0.2) is 24.4 Å². The second-order valence-corrected chi connectivity index (χ2v) is 11.6. The van der Waals surface area contributed by atoms with Crippen LogP contribution in [0.2, 0.25) is 0 Å². The molecule has 220 valence electrons. The Hall–Kier alpha value is -3.94. The molecule has 2 saturated carbocycles. The first kappa shape index (κ1) is 28.6. The number of halogens is 3. The van der Waals surface area contributed by atoms with E-state index in [9.17, 15) is 27.6 Å². The van der Waals surface area contributed by atoms with Crippen LogP contribution in [0.5, 0.6) is 0 Å². The molecule has 1 atom stereocenters. The minimum absolute atomic E-state index is 0. The molecule has 0 aliphatic heterocycles. The zero-order chi connectivity index (χ0) is 29.3. The third-order valence-corrected chi connectivity index (χ3v) is 8.45. The average molecular weight is 594 g/mol. The van der Waals surface area contributed by atoms with Crippen LogP contribution in [0.25, 0.3) is 10.9 Å². The summed E-state index contributed by atoms with van der Waals surface area (Å²) in [6, 6.07) is 5.66. The van der Waals surface area contributed by atoms with Gasteiger partial charge in [-0.25, -0.2) is 4.79 Å². The molecule has 3 aromatic rings. The molecule has 2 fully saturated rings. The molecule has 1 aromatic carbocycles. The molecule has 41 heavy (non-hydrogen) atoms. The predicted octanol–water partition coefficient (Wildman–Crippen LogP) is 4.74. The Bertz CT molecular complexity index is 1500. The molecular formula is C27H30F3N5O5S. The number of H-pyrrole nitrogens is 1. The predicted molar refractivity (Wildman–Crippen MR) is 147 cm³/mol. The molecule has 0 radical (unpaired) electrons. The number of hydrogen-bond acceptors (Lipinski definition) is 6. The van der Waals surface area contributed by atoms with Gasteiger partial charge in [0.05, 0.1) is 17.3 Å². The number of thiophene rings is 1. The lowest BCUT2D eigenvalue weighted by molar-refractivity contribution is -0.192. The number of aromatic amines is 1. The van der Waals surface area contributed by atoms with Gasteiger partial charge in [0.1, 0.15) is 5.00 Å². The largest absolute Gasteiger partial charge is 0.490 e. The molecule has 0 saturated heterocycles. The van der Waals surface area contributed by atoms with Crippen molar-refractivity contribution in [3.8, 4) is 0 Å². The van der Waals surface area contributed by atoms with Crippen molar-refractivity contribution in [2.45, 2.75) is 51.1 Å². The molecule has 10 nitrogen and oxygen atoms in total. The zero-order valence-corrected chi connectivity index (χ0v) is 22.6. The number of aromatic nitrogens is 2. The molecule has 2 aromatic heterocycles. The summed E-state index contributed by atoms with van der Waals surface area (Å²) in [5, 5.41) is 24.8. The van der Waals surface area contributed by atoms with Crippen LogP contribution < -0.4 is 16.0 Å². The van der Waals surface area contributed by atoms with Crippen molar-refractivity contribution in [2.75, 3.05) is 17.2 Å². The summed E-state index contributed by atoms with van der Waals surface area (Å²) in [7, 11) is 0. The van der Waals surface area contributed by atoms with Crippen molar-refractivity contribution in [1.29, 1.82) is 0 Å². The first-order valence-electron chi connectivity index (χ1n) is 13.3. The van der Waals surface area contributed by atoms with Crippen molar-refractivity contribution in [3.63, 3.8) is 0 Å². The average Bonchev–Trinajstić information content (AvgIpc) is 3.85. The first-order valence-corrected chi connectivity index (χ1v) is 14.1. The Labute approximate surface area is 237 Å². The number of carbonyl (C=O) groups is 4. The van der Waals surface area contributed by atoms with Crippen molar-refractivity contribution < 1.29 is 38.9 Å². The Morgan fingerprint density at radius 1 is 1.05 bits per heavy atom. The van der Waals surface area contributed by atoms with Gasteiger partial charge < -0.3 is 21.1 Å². The van der Waals surface area contributed by atoms with Crippen LogP contribution in [-0.4, -0.2) is 51.7 Å². The van der Waals surface area contributed by atoms with Gasteiger partial charge in [-0.2, -0.15) is 18.3 Å². The molecule has 3 aliphatic rings. The van der Waals surface area contributed by atoms with E-state index in [1.807, 2.05) is 18.2 Å². The fourth-order valence-electron chi connectivity index (χ4n) is 4.61. The van der Waals surface area contributed by atoms with E-state index < -0.39 is 12.1 Å².